The van der Waals surface area contributed by atoms with Crippen molar-refractivity contribution < 1.29 is 37.0 Å². The number of hydrogen-bond donors (Lipinski definition) is 2. The summed E-state index contributed by atoms with van der Waals surface area (Å²) in [6, 6.07) is 22.2. The van der Waals surface area contributed by atoms with Crippen LogP contribution in [0.1, 0.15) is 21.9 Å². The highest BCUT2D eigenvalue weighted by Gasteiger charge is 2.56. The molecule has 244 valence electrons. The molecule has 1 fully saturated rings. The van der Waals surface area contributed by atoms with Gasteiger partial charge in [-0.25, -0.2) is 4.90 Å². The maximum atomic E-state index is 14.0. The maximum Gasteiger partial charge on any atom is 0.416 e. The molecule has 3 amide bonds. The Labute approximate surface area is 278 Å². The van der Waals surface area contributed by atoms with E-state index < -0.39 is 46.5 Å². The van der Waals surface area contributed by atoms with Crippen LogP contribution >= 0.6 is 23.1 Å². The molecule has 4 aromatic carbocycles. The van der Waals surface area contributed by atoms with Gasteiger partial charge in [-0.15, -0.1) is 0 Å². The van der Waals surface area contributed by atoms with E-state index in [-0.39, 0.29) is 28.7 Å². The van der Waals surface area contributed by atoms with E-state index in [4.69, 9.17) is 9.47 Å². The van der Waals surface area contributed by atoms with Gasteiger partial charge in [0.25, 0.3) is 5.91 Å². The summed E-state index contributed by atoms with van der Waals surface area (Å²) in [7, 11) is 1.40. The van der Waals surface area contributed by atoms with E-state index in [1.165, 1.54) is 13.2 Å². The van der Waals surface area contributed by atoms with Crippen molar-refractivity contribution in [1.29, 1.82) is 0 Å². The lowest BCUT2D eigenvalue weighted by atomic mass is 9.83. The zero-order valence-electron chi connectivity index (χ0n) is 24.9. The van der Waals surface area contributed by atoms with Gasteiger partial charge in [-0.05, 0) is 58.8 Å². The summed E-state index contributed by atoms with van der Waals surface area (Å²) < 4.78 is 51.8. The number of aromatic amines is 1. The van der Waals surface area contributed by atoms with Crippen LogP contribution in [0.3, 0.4) is 0 Å². The first-order valence-electron chi connectivity index (χ1n) is 14.6. The van der Waals surface area contributed by atoms with E-state index in [9.17, 15) is 32.3 Å². The van der Waals surface area contributed by atoms with Crippen LogP contribution in [0.5, 0.6) is 11.5 Å². The minimum absolute atomic E-state index is 0.186. The Morgan fingerprint density at radius 2 is 1.71 bits per heavy atom. The Bertz CT molecular complexity index is 2160. The molecule has 1 aromatic heterocycles. The van der Waals surface area contributed by atoms with E-state index >= 15 is 0 Å². The molecule has 0 radical (unpaired) electrons. The molecule has 0 bridgehead atoms. The average Bonchev–Trinajstić information content (AvgIpc) is 3.56. The number of alkyl halides is 3. The molecular weight excluding hydrogens is 668 g/mol. The Balaban J connectivity index is 1.16. The Morgan fingerprint density at radius 3 is 2.48 bits per heavy atom. The van der Waals surface area contributed by atoms with E-state index in [0.29, 0.717) is 21.2 Å². The predicted octanol–water partition coefficient (Wildman–Crippen LogP) is 6.43. The number of benzene rings is 4. The fourth-order valence-corrected chi connectivity index (χ4v) is 8.57. The van der Waals surface area contributed by atoms with Crippen molar-refractivity contribution in [3.63, 3.8) is 0 Å². The number of imide groups is 1. The van der Waals surface area contributed by atoms with Crippen molar-refractivity contribution in [2.75, 3.05) is 23.9 Å². The molecule has 48 heavy (non-hydrogen) atoms. The molecule has 3 heterocycles. The summed E-state index contributed by atoms with van der Waals surface area (Å²) in [6.07, 6.45) is -4.67. The number of methoxy groups -OCH3 is 1. The zero-order chi connectivity index (χ0) is 33.7. The van der Waals surface area contributed by atoms with E-state index in [2.05, 4.69) is 10.3 Å². The minimum Gasteiger partial charge on any atom is -0.493 e. The molecular formula is C34H24F3N3O6S2. The molecule has 0 aliphatic carbocycles. The number of H-pyrrole nitrogens is 1. The highest BCUT2D eigenvalue weighted by molar-refractivity contribution is 8.00. The highest BCUT2D eigenvalue weighted by atomic mass is 32.2. The largest absolute Gasteiger partial charge is 0.493 e. The Hall–Kier alpha value is -5.08. The topological polar surface area (TPSA) is 118 Å². The number of rotatable bonds is 7. The molecule has 5 aromatic rings. The van der Waals surface area contributed by atoms with Gasteiger partial charge in [0.15, 0.2) is 18.1 Å². The summed E-state index contributed by atoms with van der Waals surface area (Å²) >= 11 is 1.91. The van der Waals surface area contributed by atoms with Gasteiger partial charge in [0, 0.05) is 16.5 Å². The molecule has 0 saturated carbocycles. The van der Waals surface area contributed by atoms with Crippen molar-refractivity contribution in [2.24, 2.45) is 5.92 Å². The molecule has 0 unspecified atom stereocenters. The first-order valence-corrected chi connectivity index (χ1v) is 16.3. The van der Waals surface area contributed by atoms with Gasteiger partial charge >= 0.3 is 11.0 Å². The van der Waals surface area contributed by atoms with Crippen LogP contribution in [0.4, 0.5) is 24.5 Å². The monoisotopic (exact) mass is 691 g/mol. The number of carbonyl (C=O) groups is 3. The van der Waals surface area contributed by atoms with E-state index in [1.54, 1.807) is 24.3 Å². The molecule has 0 spiro atoms. The number of nitrogens with one attached hydrogen (secondary N) is 2. The molecule has 7 rings (SSSR count). The third kappa shape index (κ3) is 5.70. The second-order valence-electron chi connectivity index (χ2n) is 11.1. The molecule has 3 atom stereocenters. The standard InChI is InChI=1S/C34H24F3N3O6S2/c1-45-24-14-19(10-12-23(24)46-16-25(41)38-21-11-9-17-5-2-3-6-18(17)13-21)26-27-29(47-30-28(26)48-33(44)39-30)32(43)40(31(27)42)22-8-4-7-20(15-22)34(35,36)37/h2-15,26-27,29H,16H2,1H3,(H,38,41)(H,39,44)/t26-,27-,29+/m0/s1. The van der Waals surface area contributed by atoms with Gasteiger partial charge in [0.2, 0.25) is 11.8 Å². The fraction of sp³-hybridized carbons (Fsp3) is 0.176. The van der Waals surface area contributed by atoms with Crippen molar-refractivity contribution in [2.45, 2.75) is 22.4 Å². The molecule has 9 nitrogen and oxygen atoms in total. The number of halogens is 3. The average molecular weight is 692 g/mol. The quantitative estimate of drug-likeness (QED) is 0.189. The SMILES string of the molecule is COc1cc([C@@H]2c3sc(=O)[nH]c3S[C@H]3C(=O)N(c4cccc(C(F)(F)F)c4)C(=O)[C@@H]23)ccc1OCC(=O)Nc1ccc2ccccc2c1. The lowest BCUT2D eigenvalue weighted by Gasteiger charge is -2.30. The molecule has 2 N–H and O–H groups in total. The van der Waals surface area contributed by atoms with Gasteiger partial charge < -0.3 is 19.8 Å². The van der Waals surface area contributed by atoms with Crippen LogP contribution in [-0.4, -0.2) is 41.7 Å². The number of amides is 3. The Kier molecular flexibility index (Phi) is 8.00. The number of ether oxygens (including phenoxy) is 2. The van der Waals surface area contributed by atoms with Crippen LogP contribution in [0, 0.1) is 5.92 Å². The smallest absolute Gasteiger partial charge is 0.416 e. The summed E-state index contributed by atoms with van der Waals surface area (Å²) in [5, 5.41) is 4.21. The van der Waals surface area contributed by atoms with Crippen LogP contribution in [0.2, 0.25) is 0 Å². The first kappa shape index (κ1) is 31.5. The van der Waals surface area contributed by atoms with Gasteiger partial charge in [-0.3, -0.25) is 19.2 Å². The lowest BCUT2D eigenvalue weighted by Crippen LogP contribution is -2.32. The van der Waals surface area contributed by atoms with Gasteiger partial charge in [-0.1, -0.05) is 65.6 Å². The number of fused-ring (bicyclic) bond motifs is 3. The highest BCUT2D eigenvalue weighted by Crippen LogP contribution is 2.54. The number of thioether (sulfide) groups is 1. The van der Waals surface area contributed by atoms with Crippen LogP contribution in [0.15, 0.2) is 94.7 Å². The van der Waals surface area contributed by atoms with Gasteiger partial charge in [0.1, 0.15) is 5.25 Å². The number of hydrogen-bond acceptors (Lipinski definition) is 8. The third-order valence-corrected chi connectivity index (χ3v) is 10.6. The minimum atomic E-state index is -4.67. The van der Waals surface area contributed by atoms with Gasteiger partial charge in [-0.2, -0.15) is 13.2 Å². The van der Waals surface area contributed by atoms with Crippen LogP contribution < -0.4 is 24.6 Å². The molecule has 2 aliphatic heterocycles. The number of thiazole rings is 1. The number of anilines is 2. The molecule has 14 heteroatoms. The fourth-order valence-electron chi connectivity index (χ4n) is 6.06. The maximum absolute atomic E-state index is 14.0. The zero-order valence-corrected chi connectivity index (χ0v) is 26.5. The summed E-state index contributed by atoms with van der Waals surface area (Å²) in [4.78, 5) is 56.5. The number of nitrogens with zero attached hydrogens (tertiary/aromatic N) is 1. The van der Waals surface area contributed by atoms with Crippen molar-refractivity contribution in [1.82, 2.24) is 4.98 Å². The first-order chi connectivity index (χ1) is 23.0. The van der Waals surface area contributed by atoms with E-state index in [1.807, 2.05) is 36.4 Å². The second kappa shape index (κ2) is 12.2. The lowest BCUT2D eigenvalue weighted by molar-refractivity contribution is -0.137. The van der Waals surface area contributed by atoms with Crippen molar-refractivity contribution >= 4 is 63.0 Å². The summed E-state index contributed by atoms with van der Waals surface area (Å²) in [5.74, 6) is -3.13. The van der Waals surface area contributed by atoms with Crippen molar-refractivity contribution in [3.05, 3.63) is 111 Å². The van der Waals surface area contributed by atoms with Crippen LogP contribution in [0.25, 0.3) is 10.8 Å². The third-order valence-electron chi connectivity index (χ3n) is 8.19. The number of aromatic nitrogens is 1. The predicted molar refractivity (Wildman–Crippen MR) is 175 cm³/mol. The number of carbonyl (C=O) groups excluding carboxylic acids is 3. The summed E-state index contributed by atoms with van der Waals surface area (Å²) in [5.41, 5.74) is -0.0626. The normalized spacial score (nSPS) is 18.8. The van der Waals surface area contributed by atoms with Gasteiger partial charge in [0.05, 0.1) is 29.3 Å². The Morgan fingerprint density at radius 1 is 0.917 bits per heavy atom. The van der Waals surface area contributed by atoms with E-state index in [0.717, 1.165) is 57.0 Å². The second-order valence-corrected chi connectivity index (χ2v) is 13.3. The molecule has 1 saturated heterocycles. The van der Waals surface area contributed by atoms with Crippen molar-refractivity contribution in [3.8, 4) is 11.5 Å². The summed E-state index contributed by atoms with van der Waals surface area (Å²) in [6.45, 7) is -0.337. The van der Waals surface area contributed by atoms with Crippen LogP contribution in [-0.2, 0) is 20.6 Å². The molecule has 2 aliphatic rings.